The van der Waals surface area contributed by atoms with Crippen molar-refractivity contribution in [3.05, 3.63) is 40.0 Å². The Morgan fingerprint density at radius 1 is 1.00 bits per heavy atom. The van der Waals surface area contributed by atoms with Gasteiger partial charge in [0.1, 0.15) is 34.4 Å². The molecule has 7 nitrogen and oxygen atoms in total. The Morgan fingerprint density at radius 3 is 2.19 bits per heavy atom. The number of ether oxygens (including phenoxy) is 2. The molecule has 9 heteroatoms. The molecule has 0 aliphatic carbocycles. The fourth-order valence-electron chi connectivity index (χ4n) is 3.15. The van der Waals surface area contributed by atoms with Crippen LogP contribution in [0.1, 0.15) is 5.56 Å². The first-order chi connectivity index (χ1) is 14.8. The van der Waals surface area contributed by atoms with Crippen LogP contribution in [-0.4, -0.2) is 63.3 Å². The number of nitrogens with zero attached hydrogens (tertiary/aromatic N) is 5. The van der Waals surface area contributed by atoms with Crippen molar-refractivity contribution < 1.29 is 9.47 Å². The molecule has 1 aromatic heterocycles. The van der Waals surface area contributed by atoms with Gasteiger partial charge >= 0.3 is 0 Å². The minimum absolute atomic E-state index is 0.326. The zero-order valence-corrected chi connectivity index (χ0v) is 19.5. The van der Waals surface area contributed by atoms with E-state index in [4.69, 9.17) is 37.7 Å². The normalized spacial score (nSPS) is 10.9. The minimum atomic E-state index is 0.326. The van der Waals surface area contributed by atoms with E-state index in [2.05, 4.69) is 16.0 Å². The Labute approximate surface area is 191 Å². The fourth-order valence-corrected chi connectivity index (χ4v) is 3.86. The van der Waals surface area contributed by atoms with Crippen LogP contribution in [0.2, 0.25) is 10.0 Å². The van der Waals surface area contributed by atoms with E-state index in [-0.39, 0.29) is 0 Å². The summed E-state index contributed by atoms with van der Waals surface area (Å²) in [5.41, 5.74) is 2.55. The lowest BCUT2D eigenvalue weighted by molar-refractivity contribution is 0.395. The molecule has 31 heavy (non-hydrogen) atoms. The van der Waals surface area contributed by atoms with E-state index in [1.807, 2.05) is 26.0 Å². The van der Waals surface area contributed by atoms with Crippen molar-refractivity contribution in [1.29, 1.82) is 5.26 Å². The standard InChI is InChI=1S/C22H23Cl2N5O2/c1-28(2)8-9-29(3)17-12-26-21-13(11-25)6-7-14(22(21)27-17)18-19(23)15(30-4)10-16(31-5)20(18)24/h6-7,10,12H,8-9H2,1-5H3. The number of methoxy groups -OCH3 is 2. The number of hydrogen-bond acceptors (Lipinski definition) is 7. The number of halogens is 2. The van der Waals surface area contributed by atoms with Gasteiger partial charge in [-0.25, -0.2) is 9.97 Å². The number of benzene rings is 2. The highest BCUT2D eigenvalue weighted by Gasteiger charge is 2.22. The van der Waals surface area contributed by atoms with E-state index in [1.54, 1.807) is 24.4 Å². The third-order valence-corrected chi connectivity index (χ3v) is 5.67. The molecule has 0 unspecified atom stereocenters. The molecular weight excluding hydrogens is 437 g/mol. The maximum Gasteiger partial charge on any atom is 0.147 e. The van der Waals surface area contributed by atoms with Crippen molar-refractivity contribution in [1.82, 2.24) is 14.9 Å². The van der Waals surface area contributed by atoms with Crippen molar-refractivity contribution in [2.45, 2.75) is 0 Å². The van der Waals surface area contributed by atoms with E-state index in [1.165, 1.54) is 14.2 Å². The molecule has 0 bridgehead atoms. The maximum atomic E-state index is 9.57. The molecule has 0 amide bonds. The molecule has 1 heterocycles. The number of aromatic nitrogens is 2. The van der Waals surface area contributed by atoms with E-state index >= 15 is 0 Å². The van der Waals surface area contributed by atoms with Crippen molar-refractivity contribution in [2.24, 2.45) is 0 Å². The highest BCUT2D eigenvalue weighted by molar-refractivity contribution is 6.41. The highest BCUT2D eigenvalue weighted by Crippen LogP contribution is 2.47. The van der Waals surface area contributed by atoms with Gasteiger partial charge in [-0.15, -0.1) is 0 Å². The lowest BCUT2D eigenvalue weighted by Crippen LogP contribution is -2.29. The molecule has 2 aromatic carbocycles. The van der Waals surface area contributed by atoms with Gasteiger partial charge in [-0.3, -0.25) is 0 Å². The summed E-state index contributed by atoms with van der Waals surface area (Å²) in [4.78, 5) is 13.5. The van der Waals surface area contributed by atoms with E-state index in [9.17, 15) is 5.26 Å². The molecule has 0 spiro atoms. The Morgan fingerprint density at radius 2 is 1.65 bits per heavy atom. The lowest BCUT2D eigenvalue weighted by atomic mass is 10.00. The summed E-state index contributed by atoms with van der Waals surface area (Å²) in [7, 11) is 9.01. The van der Waals surface area contributed by atoms with Crippen LogP contribution in [0.5, 0.6) is 11.5 Å². The highest BCUT2D eigenvalue weighted by atomic mass is 35.5. The first-order valence-electron chi connectivity index (χ1n) is 9.48. The largest absolute Gasteiger partial charge is 0.495 e. The van der Waals surface area contributed by atoms with Crippen molar-refractivity contribution >= 4 is 40.1 Å². The van der Waals surface area contributed by atoms with Crippen LogP contribution in [0.15, 0.2) is 24.4 Å². The zero-order chi connectivity index (χ0) is 22.7. The number of rotatable bonds is 7. The first-order valence-corrected chi connectivity index (χ1v) is 10.2. The van der Waals surface area contributed by atoms with Gasteiger partial charge in [-0.05, 0) is 20.2 Å². The van der Waals surface area contributed by atoms with Crippen LogP contribution in [0.4, 0.5) is 5.82 Å². The SMILES string of the molecule is COc1cc(OC)c(Cl)c(-c2ccc(C#N)c3ncc(N(C)CCN(C)C)nc23)c1Cl. The van der Waals surface area contributed by atoms with Gasteiger partial charge in [0.15, 0.2) is 0 Å². The van der Waals surface area contributed by atoms with Crippen molar-refractivity contribution in [3.8, 4) is 28.7 Å². The van der Waals surface area contributed by atoms with E-state index in [0.29, 0.717) is 55.1 Å². The summed E-state index contributed by atoms with van der Waals surface area (Å²) in [5, 5.41) is 10.2. The Balaban J connectivity index is 2.29. The lowest BCUT2D eigenvalue weighted by Gasteiger charge is -2.21. The Bertz CT molecular complexity index is 1130. The van der Waals surface area contributed by atoms with Gasteiger partial charge in [0, 0.05) is 37.3 Å². The molecule has 162 valence electrons. The van der Waals surface area contributed by atoms with E-state index in [0.717, 1.165) is 13.1 Å². The van der Waals surface area contributed by atoms with E-state index < -0.39 is 0 Å². The van der Waals surface area contributed by atoms with Crippen LogP contribution >= 0.6 is 23.2 Å². The Hall–Kier alpha value is -2.79. The average Bonchev–Trinajstić information content (AvgIpc) is 2.77. The predicted molar refractivity (Wildman–Crippen MR) is 125 cm³/mol. The topological polar surface area (TPSA) is 74.5 Å². The summed E-state index contributed by atoms with van der Waals surface area (Å²) in [6.07, 6.45) is 1.66. The van der Waals surface area contributed by atoms with Crippen LogP contribution in [0.3, 0.4) is 0 Å². The molecule has 0 saturated heterocycles. The molecule has 0 aliphatic rings. The van der Waals surface area contributed by atoms with Crippen molar-refractivity contribution in [3.63, 3.8) is 0 Å². The molecule has 0 N–H and O–H groups in total. The number of fused-ring (bicyclic) bond motifs is 1. The third-order valence-electron chi connectivity index (χ3n) is 4.92. The summed E-state index contributed by atoms with van der Waals surface area (Å²) < 4.78 is 10.8. The van der Waals surface area contributed by atoms with Crippen molar-refractivity contribution in [2.75, 3.05) is 53.4 Å². The van der Waals surface area contributed by atoms with Gasteiger partial charge in [0.25, 0.3) is 0 Å². The summed E-state index contributed by atoms with van der Waals surface area (Å²) in [5.74, 6) is 1.51. The summed E-state index contributed by atoms with van der Waals surface area (Å²) >= 11 is 13.3. The third kappa shape index (κ3) is 4.47. The van der Waals surface area contributed by atoms with Gasteiger partial charge in [0.2, 0.25) is 0 Å². The predicted octanol–water partition coefficient (Wildman–Crippen LogP) is 4.49. The fraction of sp³-hybridized carbons (Fsp3) is 0.318. The van der Waals surface area contributed by atoms with Gasteiger partial charge in [-0.1, -0.05) is 29.3 Å². The molecule has 3 aromatic rings. The number of anilines is 1. The van der Waals surface area contributed by atoms with Gasteiger partial charge in [-0.2, -0.15) is 5.26 Å². The smallest absolute Gasteiger partial charge is 0.147 e. The summed E-state index contributed by atoms with van der Waals surface area (Å²) in [6, 6.07) is 7.25. The molecule has 0 saturated carbocycles. The minimum Gasteiger partial charge on any atom is -0.495 e. The second kappa shape index (κ2) is 9.56. The molecular formula is C22H23Cl2N5O2. The quantitative estimate of drug-likeness (QED) is 0.514. The zero-order valence-electron chi connectivity index (χ0n) is 18.0. The average molecular weight is 460 g/mol. The van der Waals surface area contributed by atoms with Gasteiger partial charge < -0.3 is 19.3 Å². The first kappa shape index (κ1) is 22.9. The van der Waals surface area contributed by atoms with Crippen LogP contribution in [-0.2, 0) is 0 Å². The molecule has 0 fully saturated rings. The molecule has 0 radical (unpaired) electrons. The number of nitriles is 1. The van der Waals surface area contributed by atoms with Crippen LogP contribution in [0.25, 0.3) is 22.2 Å². The Kier molecular flexibility index (Phi) is 7.06. The summed E-state index contributed by atoms with van der Waals surface area (Å²) in [6.45, 7) is 1.61. The monoisotopic (exact) mass is 459 g/mol. The van der Waals surface area contributed by atoms with Crippen LogP contribution in [0, 0.1) is 11.3 Å². The van der Waals surface area contributed by atoms with Crippen LogP contribution < -0.4 is 14.4 Å². The number of hydrogen-bond donors (Lipinski definition) is 0. The molecule has 0 atom stereocenters. The molecule has 0 aliphatic heterocycles. The second-order valence-electron chi connectivity index (χ2n) is 7.21. The second-order valence-corrected chi connectivity index (χ2v) is 7.96. The maximum absolute atomic E-state index is 9.57. The van der Waals surface area contributed by atoms with Gasteiger partial charge in [0.05, 0.1) is 36.0 Å². The molecule has 3 rings (SSSR count). The number of likely N-dealkylation sites (N-methyl/N-ethyl adjacent to an activating group) is 2.